The minimum absolute atomic E-state index is 0.162. The van der Waals surface area contributed by atoms with Gasteiger partial charge in [0.2, 0.25) is 10.0 Å². The van der Waals surface area contributed by atoms with Gasteiger partial charge in [-0.3, -0.25) is 0 Å². The first-order valence-electron chi connectivity index (χ1n) is 4.30. The lowest BCUT2D eigenvalue weighted by molar-refractivity contribution is 0.321. The van der Waals surface area contributed by atoms with E-state index in [-0.39, 0.29) is 19.0 Å². The predicted molar refractivity (Wildman–Crippen MR) is 54.7 cm³/mol. The van der Waals surface area contributed by atoms with E-state index >= 15 is 0 Å². The van der Waals surface area contributed by atoms with E-state index in [1.807, 2.05) is 0 Å². The molecule has 6 heteroatoms. The summed E-state index contributed by atoms with van der Waals surface area (Å²) in [7, 11) is -3.19. The molecule has 0 saturated heterocycles. The summed E-state index contributed by atoms with van der Waals surface area (Å²) in [5.74, 6) is -0.00567. The van der Waals surface area contributed by atoms with Crippen LogP contribution in [-0.2, 0) is 10.0 Å². The Morgan fingerprint density at radius 1 is 1.47 bits per heavy atom. The van der Waals surface area contributed by atoms with Gasteiger partial charge in [0.1, 0.15) is 18.2 Å². The first-order valence-corrected chi connectivity index (χ1v) is 6.19. The Bertz CT molecular complexity index is 419. The van der Waals surface area contributed by atoms with E-state index in [0.717, 1.165) is 6.26 Å². The monoisotopic (exact) mass is 233 g/mol. The van der Waals surface area contributed by atoms with E-state index < -0.39 is 10.0 Å². The number of hydrogen-bond acceptors (Lipinski definition) is 3. The van der Waals surface area contributed by atoms with Crippen LogP contribution in [0.5, 0.6) is 5.75 Å². The van der Waals surface area contributed by atoms with E-state index in [1.54, 1.807) is 6.07 Å². The van der Waals surface area contributed by atoms with Gasteiger partial charge < -0.3 is 4.74 Å². The van der Waals surface area contributed by atoms with Crippen LogP contribution in [0.3, 0.4) is 0 Å². The molecule has 0 saturated carbocycles. The fourth-order valence-corrected chi connectivity index (χ4v) is 1.41. The normalized spacial score (nSPS) is 11.3. The number of nitrogens with one attached hydrogen (secondary N) is 1. The van der Waals surface area contributed by atoms with E-state index in [2.05, 4.69) is 4.72 Å². The van der Waals surface area contributed by atoms with Crippen LogP contribution in [0.2, 0.25) is 0 Å². The molecule has 0 fully saturated rings. The summed E-state index contributed by atoms with van der Waals surface area (Å²) >= 11 is 0. The first kappa shape index (κ1) is 11.9. The zero-order chi connectivity index (χ0) is 11.3. The molecule has 15 heavy (non-hydrogen) atoms. The molecule has 0 spiro atoms. The van der Waals surface area contributed by atoms with Gasteiger partial charge in [-0.15, -0.1) is 0 Å². The van der Waals surface area contributed by atoms with Crippen molar-refractivity contribution >= 4 is 10.0 Å². The van der Waals surface area contributed by atoms with Crippen LogP contribution < -0.4 is 9.46 Å². The molecule has 0 aliphatic rings. The highest BCUT2D eigenvalue weighted by Gasteiger charge is 2.00. The topological polar surface area (TPSA) is 55.4 Å². The third kappa shape index (κ3) is 5.34. The maximum atomic E-state index is 12.7. The SMILES string of the molecule is CS(=O)(=O)NCCOc1cccc(F)c1. The highest BCUT2D eigenvalue weighted by Crippen LogP contribution is 2.11. The van der Waals surface area contributed by atoms with Gasteiger partial charge in [-0.25, -0.2) is 17.5 Å². The molecule has 1 rings (SSSR count). The molecular formula is C9H12FNO3S. The summed E-state index contributed by atoms with van der Waals surface area (Å²) in [5, 5.41) is 0. The van der Waals surface area contributed by atoms with Gasteiger partial charge in [0.25, 0.3) is 0 Å². The number of benzene rings is 1. The van der Waals surface area contributed by atoms with Gasteiger partial charge in [-0.2, -0.15) is 0 Å². The van der Waals surface area contributed by atoms with E-state index in [1.165, 1.54) is 18.2 Å². The molecule has 0 bridgehead atoms. The van der Waals surface area contributed by atoms with Crippen molar-refractivity contribution in [2.75, 3.05) is 19.4 Å². The Morgan fingerprint density at radius 3 is 2.80 bits per heavy atom. The van der Waals surface area contributed by atoms with Crippen LogP contribution in [0, 0.1) is 5.82 Å². The van der Waals surface area contributed by atoms with Crippen LogP contribution in [0.4, 0.5) is 4.39 Å². The Balaban J connectivity index is 2.32. The third-order valence-electron chi connectivity index (χ3n) is 1.53. The number of sulfonamides is 1. The van der Waals surface area contributed by atoms with Crippen molar-refractivity contribution in [3.63, 3.8) is 0 Å². The Morgan fingerprint density at radius 2 is 2.20 bits per heavy atom. The molecule has 84 valence electrons. The number of rotatable bonds is 5. The van der Waals surface area contributed by atoms with Crippen LogP contribution >= 0.6 is 0 Å². The Labute approximate surface area is 88.1 Å². The average Bonchev–Trinajstić information content (AvgIpc) is 2.11. The predicted octanol–water partition coefficient (Wildman–Crippen LogP) is 0.754. The van der Waals surface area contributed by atoms with E-state index in [0.29, 0.717) is 5.75 Å². The van der Waals surface area contributed by atoms with E-state index in [9.17, 15) is 12.8 Å². The quantitative estimate of drug-likeness (QED) is 0.764. The number of halogens is 1. The van der Waals surface area contributed by atoms with Crippen molar-refractivity contribution in [2.45, 2.75) is 0 Å². The molecule has 0 aromatic heterocycles. The van der Waals surface area contributed by atoms with Crippen LogP contribution in [0.1, 0.15) is 0 Å². The first-order chi connectivity index (χ1) is 6.97. The molecule has 1 N–H and O–H groups in total. The van der Waals surface area contributed by atoms with Gasteiger partial charge in [0.15, 0.2) is 0 Å². The van der Waals surface area contributed by atoms with Crippen molar-refractivity contribution in [3.05, 3.63) is 30.1 Å². The van der Waals surface area contributed by atoms with Crippen LogP contribution in [0.15, 0.2) is 24.3 Å². The van der Waals surface area contributed by atoms with Crippen molar-refractivity contribution in [1.82, 2.24) is 4.72 Å². The minimum Gasteiger partial charge on any atom is -0.492 e. The number of ether oxygens (including phenoxy) is 1. The molecule has 0 unspecified atom stereocenters. The lowest BCUT2D eigenvalue weighted by atomic mass is 10.3. The Hall–Kier alpha value is -1.14. The molecule has 0 aliphatic carbocycles. The molecule has 0 amide bonds. The summed E-state index contributed by atoms with van der Waals surface area (Å²) in [6, 6.07) is 5.67. The molecule has 1 aromatic carbocycles. The fourth-order valence-electron chi connectivity index (χ4n) is 0.953. The fraction of sp³-hybridized carbons (Fsp3) is 0.333. The lowest BCUT2D eigenvalue weighted by Crippen LogP contribution is -2.26. The van der Waals surface area contributed by atoms with Crippen molar-refractivity contribution in [2.24, 2.45) is 0 Å². The molecule has 0 radical (unpaired) electrons. The van der Waals surface area contributed by atoms with Gasteiger partial charge in [0, 0.05) is 12.6 Å². The van der Waals surface area contributed by atoms with E-state index in [4.69, 9.17) is 4.74 Å². The maximum absolute atomic E-state index is 12.7. The van der Waals surface area contributed by atoms with Crippen LogP contribution in [0.25, 0.3) is 0 Å². The zero-order valence-electron chi connectivity index (χ0n) is 8.23. The molecule has 0 aliphatic heterocycles. The number of hydrogen-bond donors (Lipinski definition) is 1. The largest absolute Gasteiger partial charge is 0.492 e. The highest BCUT2D eigenvalue weighted by molar-refractivity contribution is 7.88. The smallest absolute Gasteiger partial charge is 0.208 e. The third-order valence-corrected chi connectivity index (χ3v) is 2.26. The summed E-state index contributed by atoms with van der Waals surface area (Å²) in [4.78, 5) is 0. The standard InChI is InChI=1S/C9H12FNO3S/c1-15(12,13)11-5-6-14-9-4-2-3-8(10)7-9/h2-4,7,11H,5-6H2,1H3. The zero-order valence-corrected chi connectivity index (χ0v) is 9.05. The second-order valence-electron chi connectivity index (χ2n) is 2.97. The average molecular weight is 233 g/mol. The maximum Gasteiger partial charge on any atom is 0.208 e. The second kappa shape index (κ2) is 5.09. The summed E-state index contributed by atoms with van der Waals surface area (Å²) in [5.41, 5.74) is 0. The van der Waals surface area contributed by atoms with Crippen molar-refractivity contribution in [3.8, 4) is 5.75 Å². The van der Waals surface area contributed by atoms with Gasteiger partial charge in [0.05, 0.1) is 6.26 Å². The summed E-state index contributed by atoms with van der Waals surface area (Å²) in [6.45, 7) is 0.325. The molecular weight excluding hydrogens is 221 g/mol. The second-order valence-corrected chi connectivity index (χ2v) is 4.81. The minimum atomic E-state index is -3.19. The highest BCUT2D eigenvalue weighted by atomic mass is 32.2. The lowest BCUT2D eigenvalue weighted by Gasteiger charge is -2.06. The van der Waals surface area contributed by atoms with Gasteiger partial charge in [-0.1, -0.05) is 6.07 Å². The molecule has 0 atom stereocenters. The van der Waals surface area contributed by atoms with Gasteiger partial charge in [-0.05, 0) is 12.1 Å². The van der Waals surface area contributed by atoms with Gasteiger partial charge >= 0.3 is 0 Å². The summed E-state index contributed by atoms with van der Waals surface area (Å²) in [6.07, 6.45) is 1.06. The molecule has 0 heterocycles. The van der Waals surface area contributed by atoms with Crippen molar-refractivity contribution < 1.29 is 17.5 Å². The van der Waals surface area contributed by atoms with Crippen LogP contribution in [-0.4, -0.2) is 27.8 Å². The molecule has 4 nitrogen and oxygen atoms in total. The molecule has 1 aromatic rings. The Kier molecular flexibility index (Phi) is 4.05. The van der Waals surface area contributed by atoms with Crippen molar-refractivity contribution in [1.29, 1.82) is 0 Å². The summed E-state index contributed by atoms with van der Waals surface area (Å²) < 4.78 is 41.4.